The van der Waals surface area contributed by atoms with Crippen molar-refractivity contribution in [1.82, 2.24) is 20.4 Å². The van der Waals surface area contributed by atoms with Gasteiger partial charge in [0.2, 0.25) is 17.7 Å². The number of nitrogens with two attached hydrogens (primary N) is 1. The lowest BCUT2D eigenvalue weighted by atomic mass is 10.0. The van der Waals surface area contributed by atoms with Crippen LogP contribution >= 0.6 is 0 Å². The van der Waals surface area contributed by atoms with Crippen LogP contribution in [0.5, 0.6) is 0 Å². The molecule has 4 unspecified atom stereocenters. The summed E-state index contributed by atoms with van der Waals surface area (Å²) in [5.74, 6) is -1.03. The molecule has 1 aromatic rings. The number of amides is 4. The first kappa shape index (κ1) is 26.2. The number of carbonyl (C=O) groups excluding carboxylic acids is 5. The van der Waals surface area contributed by atoms with E-state index < -0.39 is 12.1 Å². The van der Waals surface area contributed by atoms with Crippen molar-refractivity contribution in [3.05, 3.63) is 29.8 Å². The average molecular weight is 486 g/mol. The molecule has 0 aliphatic carbocycles. The van der Waals surface area contributed by atoms with E-state index in [-0.39, 0.29) is 54.3 Å². The van der Waals surface area contributed by atoms with Crippen molar-refractivity contribution in [3.63, 3.8) is 0 Å². The molecule has 2 fully saturated rings. The van der Waals surface area contributed by atoms with E-state index in [9.17, 15) is 24.0 Å². The number of fused-ring (bicyclic) bond motifs is 1. The summed E-state index contributed by atoms with van der Waals surface area (Å²) in [6.45, 7) is 5.90. The summed E-state index contributed by atoms with van der Waals surface area (Å²) < 4.78 is 0. The molecule has 1 aromatic carbocycles. The minimum Gasteiger partial charge on any atom is -0.399 e. The molecule has 0 spiro atoms. The van der Waals surface area contributed by atoms with E-state index in [0.717, 1.165) is 0 Å². The van der Waals surface area contributed by atoms with Gasteiger partial charge in [0.05, 0.1) is 12.6 Å². The molecule has 190 valence electrons. The van der Waals surface area contributed by atoms with Gasteiger partial charge in [-0.2, -0.15) is 0 Å². The van der Waals surface area contributed by atoms with Gasteiger partial charge in [0.25, 0.3) is 5.91 Å². The predicted octanol–water partition coefficient (Wildman–Crippen LogP) is 0.710. The minimum atomic E-state index is -0.674. The first-order valence-electron chi connectivity index (χ1n) is 12.2. The van der Waals surface area contributed by atoms with Crippen LogP contribution in [-0.2, 0) is 19.2 Å². The molecule has 10 nitrogen and oxygen atoms in total. The number of rotatable bonds is 9. The zero-order chi connectivity index (χ0) is 25.7. The van der Waals surface area contributed by atoms with Gasteiger partial charge in [-0.05, 0) is 49.4 Å². The van der Waals surface area contributed by atoms with Crippen molar-refractivity contribution >= 4 is 35.1 Å². The number of hydrogen-bond donors (Lipinski definition) is 3. The summed E-state index contributed by atoms with van der Waals surface area (Å²) in [4.78, 5) is 65.5. The Morgan fingerprint density at radius 1 is 1.14 bits per heavy atom. The molecule has 3 rings (SSSR count). The molecular formula is C25H35N5O5. The Labute approximate surface area is 205 Å². The molecule has 0 saturated carbocycles. The standard InChI is InChI=1S/C25H35N5O5/c1-4-19(28-16(3)31)25(35)30-14-21(32)23-20(30)10-12-29(23)22(33)13-15(2)9-11-27-24(34)17-5-7-18(26)8-6-17/h5-8,15,19-20,23H,4,9-14,26H2,1-3H3,(H,27,34)(H,28,31). The number of benzene rings is 1. The van der Waals surface area contributed by atoms with Gasteiger partial charge < -0.3 is 26.2 Å². The Bertz CT molecular complexity index is 979. The molecule has 4 atom stereocenters. The van der Waals surface area contributed by atoms with E-state index in [1.165, 1.54) is 11.8 Å². The van der Waals surface area contributed by atoms with E-state index in [4.69, 9.17) is 5.73 Å². The molecule has 35 heavy (non-hydrogen) atoms. The van der Waals surface area contributed by atoms with Crippen molar-refractivity contribution in [2.24, 2.45) is 5.92 Å². The van der Waals surface area contributed by atoms with Crippen LogP contribution in [0.1, 0.15) is 56.8 Å². The number of nitrogens with one attached hydrogen (secondary N) is 2. The number of ketones is 1. The Balaban J connectivity index is 1.51. The maximum Gasteiger partial charge on any atom is 0.251 e. The van der Waals surface area contributed by atoms with Crippen molar-refractivity contribution in [1.29, 1.82) is 0 Å². The number of nitrogen functional groups attached to an aromatic ring is 1. The van der Waals surface area contributed by atoms with Gasteiger partial charge in [-0.3, -0.25) is 24.0 Å². The second kappa shape index (κ2) is 11.3. The molecule has 4 N–H and O–H groups in total. The van der Waals surface area contributed by atoms with Gasteiger partial charge in [0.1, 0.15) is 12.1 Å². The summed E-state index contributed by atoms with van der Waals surface area (Å²) in [6.07, 6.45) is 1.83. The van der Waals surface area contributed by atoms with E-state index in [1.54, 1.807) is 36.1 Å². The van der Waals surface area contributed by atoms with E-state index in [1.807, 2.05) is 6.92 Å². The van der Waals surface area contributed by atoms with Gasteiger partial charge >= 0.3 is 0 Å². The van der Waals surface area contributed by atoms with E-state index in [2.05, 4.69) is 10.6 Å². The highest BCUT2D eigenvalue weighted by atomic mass is 16.2. The Hall–Kier alpha value is -3.43. The highest BCUT2D eigenvalue weighted by Gasteiger charge is 2.51. The van der Waals surface area contributed by atoms with Crippen molar-refractivity contribution < 1.29 is 24.0 Å². The zero-order valence-electron chi connectivity index (χ0n) is 20.6. The topological polar surface area (TPSA) is 142 Å². The number of likely N-dealkylation sites (tertiary alicyclic amines) is 2. The number of nitrogens with zero attached hydrogens (tertiary/aromatic N) is 2. The van der Waals surface area contributed by atoms with Gasteiger partial charge in [-0.1, -0.05) is 13.8 Å². The van der Waals surface area contributed by atoms with Crippen LogP contribution in [0.4, 0.5) is 5.69 Å². The van der Waals surface area contributed by atoms with Gasteiger partial charge in [0.15, 0.2) is 5.78 Å². The second-order valence-corrected chi connectivity index (χ2v) is 9.46. The lowest BCUT2D eigenvalue weighted by Gasteiger charge is -2.28. The highest BCUT2D eigenvalue weighted by Crippen LogP contribution is 2.31. The lowest BCUT2D eigenvalue weighted by Crippen LogP contribution is -2.50. The van der Waals surface area contributed by atoms with Gasteiger partial charge in [-0.25, -0.2) is 0 Å². The number of anilines is 1. The summed E-state index contributed by atoms with van der Waals surface area (Å²) in [5, 5.41) is 5.49. The molecule has 10 heteroatoms. The third-order valence-corrected chi connectivity index (χ3v) is 6.73. The lowest BCUT2D eigenvalue weighted by molar-refractivity contribution is -0.137. The Morgan fingerprint density at radius 2 is 1.83 bits per heavy atom. The molecular weight excluding hydrogens is 450 g/mol. The summed E-state index contributed by atoms with van der Waals surface area (Å²) in [5.41, 5.74) is 6.75. The molecule has 2 saturated heterocycles. The first-order valence-corrected chi connectivity index (χ1v) is 12.2. The number of carbonyl (C=O) groups is 5. The van der Waals surface area contributed by atoms with Crippen LogP contribution in [0.2, 0.25) is 0 Å². The predicted molar refractivity (Wildman–Crippen MR) is 130 cm³/mol. The number of hydrogen-bond acceptors (Lipinski definition) is 6. The monoisotopic (exact) mass is 485 g/mol. The summed E-state index contributed by atoms with van der Waals surface area (Å²) >= 11 is 0. The number of Topliss-reactive ketones (excluding diaryl/α,β-unsaturated/α-hetero) is 1. The van der Waals surface area contributed by atoms with Gasteiger partial charge in [0, 0.05) is 37.7 Å². The average Bonchev–Trinajstić information content (AvgIpc) is 3.38. The minimum absolute atomic E-state index is 0.00625. The molecule has 2 heterocycles. The van der Waals surface area contributed by atoms with E-state index in [0.29, 0.717) is 43.6 Å². The first-order chi connectivity index (χ1) is 16.6. The zero-order valence-corrected chi connectivity index (χ0v) is 20.6. The highest BCUT2D eigenvalue weighted by molar-refractivity contribution is 5.99. The van der Waals surface area contributed by atoms with Crippen LogP contribution in [-0.4, -0.2) is 77.0 Å². The van der Waals surface area contributed by atoms with Crippen molar-refractivity contribution in [3.8, 4) is 0 Å². The van der Waals surface area contributed by atoms with Crippen molar-refractivity contribution in [2.75, 3.05) is 25.4 Å². The molecule has 0 radical (unpaired) electrons. The van der Waals surface area contributed by atoms with Gasteiger partial charge in [-0.15, -0.1) is 0 Å². The summed E-state index contributed by atoms with van der Waals surface area (Å²) in [6, 6.07) is 5.00. The molecule has 0 bridgehead atoms. The van der Waals surface area contributed by atoms with Crippen LogP contribution in [0.25, 0.3) is 0 Å². The fourth-order valence-corrected chi connectivity index (χ4v) is 4.86. The Kier molecular flexibility index (Phi) is 8.48. The molecule has 4 amide bonds. The fraction of sp³-hybridized carbons (Fsp3) is 0.560. The molecule has 2 aliphatic rings. The maximum absolute atomic E-state index is 13.0. The fourth-order valence-electron chi connectivity index (χ4n) is 4.86. The third-order valence-electron chi connectivity index (χ3n) is 6.73. The Morgan fingerprint density at radius 3 is 2.46 bits per heavy atom. The van der Waals surface area contributed by atoms with Crippen LogP contribution in [0, 0.1) is 5.92 Å². The molecule has 2 aliphatic heterocycles. The van der Waals surface area contributed by atoms with E-state index >= 15 is 0 Å². The smallest absolute Gasteiger partial charge is 0.251 e. The normalized spacial score (nSPS) is 20.8. The van der Waals surface area contributed by atoms with Crippen molar-refractivity contribution in [2.45, 2.75) is 64.6 Å². The third kappa shape index (κ3) is 6.17. The SMILES string of the molecule is CCC(NC(C)=O)C(=O)N1CC(=O)C2C1CCN2C(=O)CC(C)CCNC(=O)c1ccc(N)cc1. The largest absolute Gasteiger partial charge is 0.399 e. The summed E-state index contributed by atoms with van der Waals surface area (Å²) in [7, 11) is 0. The second-order valence-electron chi connectivity index (χ2n) is 9.46. The maximum atomic E-state index is 13.0. The van der Waals surface area contributed by atoms with Crippen LogP contribution in [0.3, 0.4) is 0 Å². The molecule has 0 aromatic heterocycles. The van der Waals surface area contributed by atoms with Crippen LogP contribution in [0.15, 0.2) is 24.3 Å². The van der Waals surface area contributed by atoms with Crippen LogP contribution < -0.4 is 16.4 Å². The quantitative estimate of drug-likeness (QED) is 0.440.